The van der Waals surface area contributed by atoms with Crippen molar-refractivity contribution in [3.05, 3.63) is 72.9 Å². The first kappa shape index (κ1) is 65.0. The zero-order chi connectivity index (χ0) is 56.0. The molecule has 0 aromatic carbocycles. The lowest BCUT2D eigenvalue weighted by Gasteiger charge is -2.46. The van der Waals surface area contributed by atoms with Crippen molar-refractivity contribution in [2.75, 3.05) is 19.7 Å². The highest BCUT2D eigenvalue weighted by molar-refractivity contribution is 5.74. The molecule has 4 rings (SSSR count). The molecule has 4 heterocycles. The van der Waals surface area contributed by atoms with E-state index in [2.05, 4.69) is 10.6 Å². The van der Waals surface area contributed by atoms with E-state index >= 15 is 0 Å². The van der Waals surface area contributed by atoms with E-state index in [0.29, 0.717) is 0 Å². The highest BCUT2D eigenvalue weighted by atomic mass is 16.7. The number of aliphatic hydroxyl groups excluding tert-OH is 9. The molecule has 0 saturated carbocycles. The van der Waals surface area contributed by atoms with Gasteiger partial charge in [-0.2, -0.15) is 0 Å². The van der Waals surface area contributed by atoms with Gasteiger partial charge in [0.2, 0.25) is 0 Å². The van der Waals surface area contributed by atoms with Gasteiger partial charge in [0.25, 0.3) is 0 Å². The number of amides is 2. The summed E-state index contributed by atoms with van der Waals surface area (Å²) in [5.74, 6) is -3.48. The Morgan fingerprint density at radius 3 is 2.08 bits per heavy atom. The number of nitrogens with two attached hydrogens (primary N) is 2. The first-order chi connectivity index (χ1) is 36.1. The molecule has 14 unspecified atom stereocenters. The number of esters is 1. The van der Waals surface area contributed by atoms with Gasteiger partial charge in [-0.3, -0.25) is 4.79 Å². The van der Waals surface area contributed by atoms with Gasteiger partial charge >= 0.3 is 12.0 Å². The van der Waals surface area contributed by atoms with E-state index in [1.807, 2.05) is 62.5 Å². The Bertz CT molecular complexity index is 1880. The molecule has 4 aliphatic rings. The SMILES string of the molecule is CC1/C=C/C=C/CC/C=C/C=C/C=C/C=C/C(O[C@@H]2OC[C@@H](O)[C@H](N)[C@@H]2O)CC2OC(O)(CC(O)CCCC(O)CC(O)CC(O)CC(=O)OC(C)C(C)C1OC1C[C@@H](O)[C@@H](O)[C@H](C)O1)CC(O)C2NC(=O)NCCN. The normalized spacial score (nSPS) is 43.5. The van der Waals surface area contributed by atoms with Crippen LogP contribution in [0.15, 0.2) is 72.9 Å². The Labute approximate surface area is 447 Å². The number of carbonyl (C=O) groups is 2. The molecule has 2 amide bonds. The van der Waals surface area contributed by atoms with Crippen molar-refractivity contribution < 1.29 is 89.1 Å². The van der Waals surface area contributed by atoms with E-state index in [1.165, 1.54) is 0 Å². The maximum absolute atomic E-state index is 13.1. The van der Waals surface area contributed by atoms with Gasteiger partial charge in [-0.05, 0) is 58.8 Å². The van der Waals surface area contributed by atoms with Gasteiger partial charge in [0.05, 0.1) is 92.3 Å². The fourth-order valence-electron chi connectivity index (χ4n) is 9.68. The third-order valence-electron chi connectivity index (χ3n) is 14.1. The molecule has 2 bridgehead atoms. The van der Waals surface area contributed by atoms with Gasteiger partial charge in [0.15, 0.2) is 18.4 Å². The summed E-state index contributed by atoms with van der Waals surface area (Å²) in [4.78, 5) is 26.0. The number of ether oxygens (including phenoxy) is 6. The molecule has 21 atom stereocenters. The number of cyclic esters (lactones) is 1. The molecule has 16 N–H and O–H groups in total. The monoisotopic (exact) mass is 1080 g/mol. The minimum absolute atomic E-state index is 0.0363. The van der Waals surface area contributed by atoms with E-state index in [1.54, 1.807) is 38.2 Å². The largest absolute Gasteiger partial charge is 0.462 e. The van der Waals surface area contributed by atoms with Crippen molar-refractivity contribution in [2.45, 2.75) is 221 Å². The first-order valence-corrected chi connectivity index (χ1v) is 26.9. The molecule has 22 heteroatoms. The molecule has 3 fully saturated rings. The lowest BCUT2D eigenvalue weighted by Crippen LogP contribution is -2.63. The van der Waals surface area contributed by atoms with E-state index in [4.69, 9.17) is 39.9 Å². The number of nitrogens with one attached hydrogen (secondary N) is 2. The maximum Gasteiger partial charge on any atom is 0.315 e. The third-order valence-corrected chi connectivity index (χ3v) is 14.1. The molecule has 0 spiro atoms. The molecule has 434 valence electrons. The predicted molar refractivity (Wildman–Crippen MR) is 279 cm³/mol. The summed E-state index contributed by atoms with van der Waals surface area (Å²) in [5.41, 5.74) is 11.6. The first-order valence-electron chi connectivity index (χ1n) is 26.9. The van der Waals surface area contributed by atoms with Crippen LogP contribution in [0.25, 0.3) is 0 Å². The van der Waals surface area contributed by atoms with E-state index < -0.39 is 147 Å². The molecule has 0 aromatic heterocycles. The van der Waals surface area contributed by atoms with Crippen LogP contribution in [-0.4, -0.2) is 199 Å². The summed E-state index contributed by atoms with van der Waals surface area (Å²) in [6.45, 7) is 7.20. The highest BCUT2D eigenvalue weighted by Gasteiger charge is 2.48. The number of hydrogen-bond donors (Lipinski definition) is 14. The van der Waals surface area contributed by atoms with Crippen LogP contribution >= 0.6 is 0 Å². The average molecular weight is 1080 g/mol. The average Bonchev–Trinajstić information content (AvgIpc) is 3.34. The molecule has 22 nitrogen and oxygen atoms in total. The van der Waals surface area contributed by atoms with Gasteiger partial charge in [-0.1, -0.05) is 86.8 Å². The van der Waals surface area contributed by atoms with E-state index in [9.17, 15) is 60.7 Å². The fraction of sp³-hybridized carbons (Fsp3) is 0.741. The summed E-state index contributed by atoms with van der Waals surface area (Å²) < 4.78 is 36.1. The standard InChI is InChI=1S/C54H90N4O18/c1-32-18-15-13-11-9-7-5-6-8-10-12-14-16-21-40(74-52-50(68)47(56)43(65)31-71-52)27-44-48(58-53(69)57-23-22-55)42(64)30-54(70,76-44)29-37(60)20-17-19-36(59)24-38(61)25-39(62)26-45(66)72-34(3)33(2)51(32)75-46-28-41(63)49(67)35(4)73-46/h5-6,8,10-16,18,21,32-44,46-52,59-65,67-68,70H,7,9,17,19-20,22-31,55-56H2,1-4H3,(H2,57,58,69)/b6-5+,10-8+,13-11+,14-12+,18-15+,21-16+/t32?,33?,34?,35-,36?,37?,38?,39?,40?,41+,42?,43+,44?,46?,47-,48?,49-,50-,51?,52-,54?/m0/s1. The van der Waals surface area contributed by atoms with Crippen LogP contribution in [0.2, 0.25) is 0 Å². The molecule has 0 aliphatic carbocycles. The molecular weight excluding hydrogens is 993 g/mol. The van der Waals surface area contributed by atoms with Crippen LogP contribution in [0.1, 0.15) is 105 Å². The summed E-state index contributed by atoms with van der Waals surface area (Å²) >= 11 is 0. The number of aliphatic hydroxyl groups is 10. The quantitative estimate of drug-likeness (QED) is 0.153. The molecule has 0 radical (unpaired) electrons. The van der Waals surface area contributed by atoms with Gasteiger partial charge in [0, 0.05) is 50.6 Å². The van der Waals surface area contributed by atoms with Crippen LogP contribution < -0.4 is 22.1 Å². The van der Waals surface area contributed by atoms with Gasteiger partial charge in [0.1, 0.15) is 18.3 Å². The van der Waals surface area contributed by atoms with Crippen molar-refractivity contribution >= 4 is 12.0 Å². The smallest absolute Gasteiger partial charge is 0.315 e. The predicted octanol–water partition coefficient (Wildman–Crippen LogP) is 0.383. The number of allylic oxidation sites excluding steroid dienone is 10. The molecular formula is C54H90N4O18. The molecule has 4 aliphatic heterocycles. The van der Waals surface area contributed by atoms with Crippen molar-refractivity contribution in [1.29, 1.82) is 0 Å². The Kier molecular flexibility index (Phi) is 28.4. The number of hydrogen-bond acceptors (Lipinski definition) is 20. The van der Waals surface area contributed by atoms with Gasteiger partial charge in [-0.25, -0.2) is 4.79 Å². The summed E-state index contributed by atoms with van der Waals surface area (Å²) in [7, 11) is 0. The van der Waals surface area contributed by atoms with Crippen molar-refractivity contribution in [3.63, 3.8) is 0 Å². The topological polar surface area (TPSA) is 368 Å². The number of urea groups is 1. The Balaban J connectivity index is 1.55. The van der Waals surface area contributed by atoms with Crippen LogP contribution in [0.3, 0.4) is 0 Å². The molecule has 76 heavy (non-hydrogen) atoms. The second-order valence-electron chi connectivity index (χ2n) is 20.8. The summed E-state index contributed by atoms with van der Waals surface area (Å²) in [6, 6.07) is -2.87. The number of carbonyl (C=O) groups excluding carboxylic acids is 2. The Morgan fingerprint density at radius 1 is 0.737 bits per heavy atom. The Morgan fingerprint density at radius 2 is 1.38 bits per heavy atom. The van der Waals surface area contributed by atoms with Crippen LogP contribution in [0, 0.1) is 11.8 Å². The zero-order valence-corrected chi connectivity index (χ0v) is 44.5. The molecule has 3 saturated heterocycles. The van der Waals surface area contributed by atoms with Crippen molar-refractivity contribution in [1.82, 2.24) is 10.6 Å². The van der Waals surface area contributed by atoms with Crippen LogP contribution in [-0.2, 0) is 33.2 Å². The van der Waals surface area contributed by atoms with Gasteiger partial charge in [-0.15, -0.1) is 0 Å². The van der Waals surface area contributed by atoms with Gasteiger partial charge < -0.3 is 102 Å². The minimum atomic E-state index is -2.12. The van der Waals surface area contributed by atoms with Crippen LogP contribution in [0.4, 0.5) is 4.79 Å². The van der Waals surface area contributed by atoms with E-state index in [0.717, 1.165) is 12.8 Å². The summed E-state index contributed by atoms with van der Waals surface area (Å²) in [6.07, 6.45) is 5.21. The van der Waals surface area contributed by atoms with Crippen LogP contribution in [0.5, 0.6) is 0 Å². The number of rotatable bonds is 7. The molecule has 0 aromatic rings. The number of fused-ring (bicyclic) bond motifs is 2. The third kappa shape index (κ3) is 22.3. The fourth-order valence-corrected chi connectivity index (χ4v) is 9.68. The van der Waals surface area contributed by atoms with Crippen molar-refractivity contribution in [3.8, 4) is 0 Å². The summed E-state index contributed by atoms with van der Waals surface area (Å²) in [5, 5.41) is 114. The Hall–Kier alpha value is -3.50. The zero-order valence-electron chi connectivity index (χ0n) is 44.5. The highest BCUT2D eigenvalue weighted by Crippen LogP contribution is 2.35. The second kappa shape index (κ2) is 33.2. The maximum atomic E-state index is 13.1. The van der Waals surface area contributed by atoms with Crippen molar-refractivity contribution in [2.24, 2.45) is 23.3 Å². The second-order valence-corrected chi connectivity index (χ2v) is 20.8. The van der Waals surface area contributed by atoms with E-state index in [-0.39, 0.29) is 77.0 Å². The lowest BCUT2D eigenvalue weighted by molar-refractivity contribution is -0.298. The minimum Gasteiger partial charge on any atom is -0.462 e. The lowest BCUT2D eigenvalue weighted by atomic mass is 9.87.